The summed E-state index contributed by atoms with van der Waals surface area (Å²) >= 11 is 1.51. The number of thiophene rings is 1. The van der Waals surface area contributed by atoms with Crippen LogP contribution in [0.25, 0.3) is 0 Å². The van der Waals surface area contributed by atoms with Crippen molar-refractivity contribution in [1.29, 1.82) is 0 Å². The van der Waals surface area contributed by atoms with Crippen molar-refractivity contribution in [3.63, 3.8) is 0 Å². The molecule has 28 heavy (non-hydrogen) atoms. The van der Waals surface area contributed by atoms with Crippen molar-refractivity contribution in [2.75, 3.05) is 13.6 Å². The number of nitrogens with zero attached hydrogens (tertiary/aromatic N) is 3. The molecular weight excluding hydrogens is 384 g/mol. The smallest absolute Gasteiger partial charge is 0.325 e. The molecule has 0 bridgehead atoms. The summed E-state index contributed by atoms with van der Waals surface area (Å²) in [5.74, 6) is -1.02. The van der Waals surface area contributed by atoms with Crippen LogP contribution in [0, 0.1) is 10.1 Å². The number of nitro groups is 1. The van der Waals surface area contributed by atoms with E-state index in [-0.39, 0.29) is 11.3 Å². The molecule has 9 nitrogen and oxygen atoms in total. The fourth-order valence-electron chi connectivity index (χ4n) is 2.97. The topological polar surface area (TPSA) is 113 Å². The van der Waals surface area contributed by atoms with Crippen LogP contribution < -0.4 is 5.32 Å². The second-order valence-electron chi connectivity index (χ2n) is 6.64. The van der Waals surface area contributed by atoms with Gasteiger partial charge in [0.25, 0.3) is 11.6 Å². The predicted octanol–water partition coefficient (Wildman–Crippen LogP) is 2.08. The molecule has 1 unspecified atom stereocenters. The summed E-state index contributed by atoms with van der Waals surface area (Å²) in [7, 11) is 1.60. The maximum absolute atomic E-state index is 12.9. The van der Waals surface area contributed by atoms with Gasteiger partial charge in [-0.1, -0.05) is 12.1 Å². The van der Waals surface area contributed by atoms with Gasteiger partial charge in [0, 0.05) is 25.7 Å². The molecule has 1 N–H and O–H groups in total. The first-order chi connectivity index (χ1) is 13.2. The molecule has 1 aromatic heterocycles. The van der Waals surface area contributed by atoms with E-state index in [0.717, 1.165) is 10.5 Å². The van der Waals surface area contributed by atoms with Gasteiger partial charge in [-0.05, 0) is 34.9 Å². The van der Waals surface area contributed by atoms with Gasteiger partial charge in [0.2, 0.25) is 5.91 Å². The van der Waals surface area contributed by atoms with Crippen LogP contribution in [-0.4, -0.2) is 46.2 Å². The number of rotatable bonds is 6. The Morgan fingerprint density at radius 3 is 2.75 bits per heavy atom. The van der Waals surface area contributed by atoms with Crippen LogP contribution in [0.1, 0.15) is 18.1 Å². The molecule has 146 valence electrons. The summed E-state index contributed by atoms with van der Waals surface area (Å²) in [6.07, 6.45) is 0. The van der Waals surface area contributed by atoms with E-state index < -0.39 is 34.9 Å². The van der Waals surface area contributed by atoms with E-state index in [1.807, 2.05) is 16.8 Å². The van der Waals surface area contributed by atoms with Crippen LogP contribution in [0.15, 0.2) is 41.1 Å². The highest BCUT2D eigenvalue weighted by molar-refractivity contribution is 7.07. The van der Waals surface area contributed by atoms with Gasteiger partial charge in [0.15, 0.2) is 0 Å². The number of hydrogen-bond acceptors (Lipinski definition) is 6. The van der Waals surface area contributed by atoms with E-state index in [9.17, 15) is 24.5 Å². The van der Waals surface area contributed by atoms with Gasteiger partial charge in [0.05, 0.1) is 4.92 Å². The number of carbonyl (C=O) groups excluding carboxylic acids is 3. The highest BCUT2D eigenvalue weighted by atomic mass is 32.1. The summed E-state index contributed by atoms with van der Waals surface area (Å²) in [6.45, 7) is 1.43. The lowest BCUT2D eigenvalue weighted by Crippen LogP contribution is -2.43. The zero-order valence-corrected chi connectivity index (χ0v) is 16.1. The Labute approximate surface area is 164 Å². The van der Waals surface area contributed by atoms with Crippen molar-refractivity contribution >= 4 is 34.9 Å². The number of likely N-dealkylation sites (N-methyl/N-ethyl adjacent to an activating group) is 1. The zero-order valence-electron chi connectivity index (χ0n) is 15.2. The molecule has 1 aliphatic heterocycles. The third kappa shape index (κ3) is 3.58. The summed E-state index contributed by atoms with van der Waals surface area (Å²) in [4.78, 5) is 50.4. The van der Waals surface area contributed by atoms with Gasteiger partial charge in [0.1, 0.15) is 12.1 Å². The minimum Gasteiger partial charge on any atom is -0.340 e. The first-order valence-corrected chi connectivity index (χ1v) is 9.30. The number of benzene rings is 1. The minimum atomic E-state index is -1.48. The molecule has 2 heterocycles. The van der Waals surface area contributed by atoms with Crippen molar-refractivity contribution in [2.24, 2.45) is 0 Å². The fourth-order valence-corrected chi connectivity index (χ4v) is 3.63. The summed E-state index contributed by atoms with van der Waals surface area (Å²) in [6, 6.07) is 6.69. The Morgan fingerprint density at radius 1 is 1.36 bits per heavy atom. The molecule has 3 rings (SSSR count). The van der Waals surface area contributed by atoms with Crippen LogP contribution in [0.3, 0.4) is 0 Å². The first kappa shape index (κ1) is 19.5. The van der Waals surface area contributed by atoms with E-state index in [2.05, 4.69) is 5.32 Å². The van der Waals surface area contributed by atoms with Crippen molar-refractivity contribution in [3.05, 3.63) is 62.3 Å². The predicted molar refractivity (Wildman–Crippen MR) is 101 cm³/mol. The Morgan fingerprint density at radius 2 is 2.11 bits per heavy atom. The van der Waals surface area contributed by atoms with Crippen LogP contribution in [0.4, 0.5) is 10.5 Å². The Balaban J connectivity index is 1.76. The number of amides is 4. The summed E-state index contributed by atoms with van der Waals surface area (Å²) in [5.41, 5.74) is -0.429. The van der Waals surface area contributed by atoms with E-state index in [0.29, 0.717) is 6.54 Å². The quantitative estimate of drug-likeness (QED) is 0.452. The van der Waals surface area contributed by atoms with Crippen LogP contribution >= 0.6 is 11.3 Å². The molecule has 1 aliphatic rings. The minimum absolute atomic E-state index is 0.189. The van der Waals surface area contributed by atoms with Crippen molar-refractivity contribution in [2.45, 2.75) is 19.0 Å². The van der Waals surface area contributed by atoms with E-state index in [1.165, 1.54) is 47.4 Å². The largest absolute Gasteiger partial charge is 0.340 e. The van der Waals surface area contributed by atoms with Crippen LogP contribution in [0.2, 0.25) is 0 Å². The molecule has 1 atom stereocenters. The third-order valence-corrected chi connectivity index (χ3v) is 5.36. The number of imide groups is 1. The highest BCUT2D eigenvalue weighted by Gasteiger charge is 2.50. The molecule has 1 aromatic carbocycles. The number of urea groups is 1. The highest BCUT2D eigenvalue weighted by Crippen LogP contribution is 2.30. The Bertz CT molecular complexity index is 945. The van der Waals surface area contributed by atoms with Gasteiger partial charge in [-0.25, -0.2) is 4.79 Å². The fraction of sp³-hybridized carbons (Fsp3) is 0.278. The molecule has 2 aromatic rings. The average Bonchev–Trinajstić information content (AvgIpc) is 3.24. The van der Waals surface area contributed by atoms with Gasteiger partial charge in [-0.2, -0.15) is 11.3 Å². The van der Waals surface area contributed by atoms with Crippen molar-refractivity contribution in [3.8, 4) is 0 Å². The summed E-state index contributed by atoms with van der Waals surface area (Å²) in [5, 5.41) is 17.4. The first-order valence-electron chi connectivity index (χ1n) is 8.36. The Hall–Kier alpha value is -3.27. The standard InChI is InChI=1S/C18H18N4O5S/c1-18(13-4-3-5-14(8-13)22(26)27)16(24)21(17(25)19-18)10-15(23)20(2)9-12-6-7-28-11-12/h3-8,11H,9-10H2,1-2H3,(H,19,25). The molecular formula is C18H18N4O5S. The molecule has 1 fully saturated rings. The molecule has 0 aliphatic carbocycles. The number of hydrogen-bond donors (Lipinski definition) is 1. The van der Waals surface area contributed by atoms with Gasteiger partial charge >= 0.3 is 6.03 Å². The second-order valence-corrected chi connectivity index (χ2v) is 7.42. The van der Waals surface area contributed by atoms with Gasteiger partial charge in [-0.15, -0.1) is 0 Å². The lowest BCUT2D eigenvalue weighted by molar-refractivity contribution is -0.385. The molecule has 4 amide bonds. The average molecular weight is 402 g/mol. The van der Waals surface area contributed by atoms with Gasteiger partial charge < -0.3 is 10.2 Å². The summed E-state index contributed by atoms with van der Waals surface area (Å²) < 4.78 is 0. The van der Waals surface area contributed by atoms with Crippen molar-refractivity contribution in [1.82, 2.24) is 15.1 Å². The maximum atomic E-state index is 12.9. The monoisotopic (exact) mass is 402 g/mol. The number of non-ortho nitro benzene ring substituents is 1. The van der Waals surface area contributed by atoms with Crippen LogP contribution in [0.5, 0.6) is 0 Å². The number of carbonyl (C=O) groups is 3. The molecule has 10 heteroatoms. The van der Waals surface area contributed by atoms with Gasteiger partial charge in [-0.3, -0.25) is 24.6 Å². The van der Waals surface area contributed by atoms with Crippen LogP contribution in [-0.2, 0) is 21.7 Å². The number of nitrogens with one attached hydrogen (secondary N) is 1. The Kier molecular flexibility index (Phi) is 5.14. The van der Waals surface area contributed by atoms with E-state index in [1.54, 1.807) is 7.05 Å². The second kappa shape index (κ2) is 7.39. The molecule has 0 saturated carbocycles. The maximum Gasteiger partial charge on any atom is 0.325 e. The molecule has 1 saturated heterocycles. The lowest BCUT2D eigenvalue weighted by atomic mass is 9.91. The number of nitro benzene ring substituents is 1. The van der Waals surface area contributed by atoms with E-state index in [4.69, 9.17) is 0 Å². The third-order valence-electron chi connectivity index (χ3n) is 4.63. The lowest BCUT2D eigenvalue weighted by Gasteiger charge is -2.23. The zero-order chi connectivity index (χ0) is 20.5. The normalized spacial score (nSPS) is 18.9. The molecule has 0 radical (unpaired) electrons. The van der Waals surface area contributed by atoms with Crippen molar-refractivity contribution < 1.29 is 19.3 Å². The molecule has 0 spiro atoms. The van der Waals surface area contributed by atoms with E-state index >= 15 is 0 Å². The SMILES string of the molecule is CN(Cc1ccsc1)C(=O)CN1C(=O)NC(C)(c2cccc([N+](=O)[O-])c2)C1=O.